The fourth-order valence-electron chi connectivity index (χ4n) is 4.49. The summed E-state index contributed by atoms with van der Waals surface area (Å²) in [4.78, 5) is 30.3. The maximum Gasteiger partial charge on any atom is 0.263 e. The number of carbonyl (C=O) groups is 1. The molecule has 0 fully saturated rings. The molecule has 0 saturated carbocycles. The summed E-state index contributed by atoms with van der Waals surface area (Å²) in [6, 6.07) is 22.0. The van der Waals surface area contributed by atoms with Gasteiger partial charge in [-0.15, -0.1) is 0 Å². The molecule has 6 aromatic rings. The van der Waals surface area contributed by atoms with Gasteiger partial charge in [0.05, 0.1) is 23.7 Å². The van der Waals surface area contributed by atoms with E-state index in [-0.39, 0.29) is 18.1 Å². The molecule has 6 rings (SSSR count). The zero-order valence-electron chi connectivity index (χ0n) is 18.2. The fourth-order valence-corrected chi connectivity index (χ4v) is 4.49. The van der Waals surface area contributed by atoms with Gasteiger partial charge in [-0.25, -0.2) is 0 Å². The first-order chi connectivity index (χ1) is 16.6. The van der Waals surface area contributed by atoms with Gasteiger partial charge in [-0.3, -0.25) is 19.0 Å². The van der Waals surface area contributed by atoms with Crippen LogP contribution in [-0.2, 0) is 4.79 Å². The monoisotopic (exact) mass is 449 g/mol. The van der Waals surface area contributed by atoms with Crippen molar-refractivity contribution in [1.29, 1.82) is 0 Å². The van der Waals surface area contributed by atoms with Gasteiger partial charge in [-0.05, 0) is 42.5 Å². The Hall–Kier alpha value is -4.65. The Morgan fingerprint density at radius 3 is 2.62 bits per heavy atom. The minimum absolute atomic E-state index is 0.0811. The lowest BCUT2D eigenvalue weighted by Gasteiger charge is -2.09. The van der Waals surface area contributed by atoms with E-state index in [9.17, 15) is 9.59 Å². The van der Waals surface area contributed by atoms with Crippen LogP contribution in [-0.4, -0.2) is 29.0 Å². The van der Waals surface area contributed by atoms with E-state index in [1.165, 1.54) is 0 Å². The maximum atomic E-state index is 13.3. The third kappa shape index (κ3) is 3.09. The van der Waals surface area contributed by atoms with Crippen molar-refractivity contribution in [2.24, 2.45) is 0 Å². The molecular formula is C27H19N3O4. The van der Waals surface area contributed by atoms with Crippen LogP contribution < -0.4 is 20.3 Å². The molecule has 0 bridgehead atoms. The number of nitrogens with one attached hydrogen (secondary N) is 1. The summed E-state index contributed by atoms with van der Waals surface area (Å²) in [5.74, 6) is 0.907. The lowest BCUT2D eigenvalue weighted by atomic mass is 10.1. The number of benzene rings is 3. The quantitative estimate of drug-likeness (QED) is 0.389. The van der Waals surface area contributed by atoms with Gasteiger partial charge in [0.2, 0.25) is 0 Å². The summed E-state index contributed by atoms with van der Waals surface area (Å²) in [5, 5.41) is 6.03. The standard InChI is InChI=1S/C27H19N3O4/c1-33-17-6-4-5-16(13-17)29-24(31)15-34-18-9-10-23-22(14-18)20-11-12-28-25-19-7-2-3-8-21(19)27(32)30(23)26(20)25/h2-14H,15H2,1H3,(H,29,31). The normalized spacial score (nSPS) is 11.4. The van der Waals surface area contributed by atoms with Crippen LogP contribution in [0.25, 0.3) is 38.1 Å². The number of nitrogens with zero attached hydrogens (tertiary/aromatic N) is 2. The predicted octanol–water partition coefficient (Wildman–Crippen LogP) is 4.62. The molecule has 3 heterocycles. The number of methoxy groups -OCH3 is 1. The van der Waals surface area contributed by atoms with Gasteiger partial charge in [0.25, 0.3) is 11.5 Å². The van der Waals surface area contributed by atoms with Crippen molar-refractivity contribution in [2.45, 2.75) is 0 Å². The second kappa shape index (κ2) is 7.74. The molecule has 1 N–H and O–H groups in total. The Bertz CT molecular complexity index is 1770. The van der Waals surface area contributed by atoms with Crippen molar-refractivity contribution in [3.63, 3.8) is 0 Å². The zero-order chi connectivity index (χ0) is 23.2. The second-order valence-electron chi connectivity index (χ2n) is 7.99. The van der Waals surface area contributed by atoms with Gasteiger partial charge in [-0.2, -0.15) is 0 Å². The van der Waals surface area contributed by atoms with Crippen LogP contribution in [0.15, 0.2) is 83.8 Å². The highest BCUT2D eigenvalue weighted by atomic mass is 16.5. The molecule has 0 aliphatic heterocycles. The predicted molar refractivity (Wildman–Crippen MR) is 132 cm³/mol. The van der Waals surface area contributed by atoms with E-state index in [1.807, 2.05) is 42.5 Å². The van der Waals surface area contributed by atoms with Gasteiger partial charge in [0, 0.05) is 39.5 Å². The molecule has 34 heavy (non-hydrogen) atoms. The summed E-state index contributed by atoms with van der Waals surface area (Å²) >= 11 is 0. The van der Waals surface area contributed by atoms with E-state index in [1.54, 1.807) is 48.0 Å². The number of fused-ring (bicyclic) bond motifs is 5. The summed E-state index contributed by atoms with van der Waals surface area (Å²) in [7, 11) is 1.57. The molecule has 3 aromatic carbocycles. The molecule has 0 aliphatic rings. The topological polar surface area (TPSA) is 81.9 Å². The molecule has 7 nitrogen and oxygen atoms in total. The second-order valence-corrected chi connectivity index (χ2v) is 7.99. The van der Waals surface area contributed by atoms with E-state index in [0.29, 0.717) is 22.6 Å². The van der Waals surface area contributed by atoms with E-state index in [4.69, 9.17) is 9.47 Å². The van der Waals surface area contributed by atoms with Crippen molar-refractivity contribution in [3.05, 3.63) is 89.3 Å². The number of anilines is 1. The van der Waals surface area contributed by atoms with Crippen LogP contribution in [0.5, 0.6) is 11.5 Å². The number of hydrogen-bond donors (Lipinski definition) is 1. The van der Waals surface area contributed by atoms with Crippen molar-refractivity contribution < 1.29 is 14.3 Å². The lowest BCUT2D eigenvalue weighted by Crippen LogP contribution is -2.20. The average Bonchev–Trinajstić information content (AvgIpc) is 3.21. The molecule has 0 saturated heterocycles. The van der Waals surface area contributed by atoms with Crippen LogP contribution in [0.2, 0.25) is 0 Å². The number of carbonyl (C=O) groups excluding carboxylic acids is 1. The Morgan fingerprint density at radius 2 is 1.76 bits per heavy atom. The average molecular weight is 449 g/mol. The van der Waals surface area contributed by atoms with E-state index in [0.717, 1.165) is 32.7 Å². The molecule has 0 radical (unpaired) electrons. The van der Waals surface area contributed by atoms with Crippen LogP contribution in [0.3, 0.4) is 0 Å². The number of pyridine rings is 2. The lowest BCUT2D eigenvalue weighted by molar-refractivity contribution is -0.118. The zero-order valence-corrected chi connectivity index (χ0v) is 18.2. The van der Waals surface area contributed by atoms with Crippen molar-refractivity contribution >= 4 is 49.7 Å². The number of ether oxygens (including phenoxy) is 2. The first-order valence-corrected chi connectivity index (χ1v) is 10.8. The Kier molecular flexibility index (Phi) is 4.55. The third-order valence-corrected chi connectivity index (χ3v) is 5.99. The Labute approximate surface area is 193 Å². The van der Waals surface area contributed by atoms with Crippen LogP contribution >= 0.6 is 0 Å². The summed E-state index contributed by atoms with van der Waals surface area (Å²) in [6.45, 7) is -0.154. The van der Waals surface area contributed by atoms with Crippen LogP contribution in [0.1, 0.15) is 0 Å². The molecule has 0 atom stereocenters. The highest BCUT2D eigenvalue weighted by molar-refractivity contribution is 6.18. The number of hydrogen-bond acceptors (Lipinski definition) is 5. The Morgan fingerprint density at radius 1 is 0.912 bits per heavy atom. The largest absolute Gasteiger partial charge is 0.497 e. The highest BCUT2D eigenvalue weighted by Gasteiger charge is 2.18. The molecule has 0 aliphatic carbocycles. The number of rotatable bonds is 5. The number of amides is 1. The number of aromatic nitrogens is 2. The minimum Gasteiger partial charge on any atom is -0.497 e. The summed E-state index contributed by atoms with van der Waals surface area (Å²) in [5.41, 5.74) is 2.89. The maximum absolute atomic E-state index is 13.3. The molecule has 3 aromatic heterocycles. The van der Waals surface area contributed by atoms with E-state index >= 15 is 0 Å². The molecule has 0 unspecified atom stereocenters. The molecular weight excluding hydrogens is 430 g/mol. The van der Waals surface area contributed by atoms with Gasteiger partial charge in [-0.1, -0.05) is 24.3 Å². The summed E-state index contributed by atoms with van der Waals surface area (Å²) < 4.78 is 12.7. The Balaban J connectivity index is 1.37. The fraction of sp³-hybridized carbons (Fsp3) is 0.0741. The van der Waals surface area contributed by atoms with Crippen molar-refractivity contribution in [3.8, 4) is 11.5 Å². The van der Waals surface area contributed by atoms with Crippen LogP contribution in [0, 0.1) is 0 Å². The molecule has 166 valence electrons. The van der Waals surface area contributed by atoms with Crippen molar-refractivity contribution in [1.82, 2.24) is 9.38 Å². The highest BCUT2D eigenvalue weighted by Crippen LogP contribution is 2.34. The van der Waals surface area contributed by atoms with Gasteiger partial charge in [0.1, 0.15) is 11.5 Å². The van der Waals surface area contributed by atoms with E-state index < -0.39 is 0 Å². The molecule has 0 spiro atoms. The van der Waals surface area contributed by atoms with E-state index in [2.05, 4.69) is 10.3 Å². The van der Waals surface area contributed by atoms with Crippen molar-refractivity contribution in [2.75, 3.05) is 19.0 Å². The molecule has 1 amide bonds. The van der Waals surface area contributed by atoms with Gasteiger partial charge < -0.3 is 14.8 Å². The van der Waals surface area contributed by atoms with Gasteiger partial charge >= 0.3 is 0 Å². The van der Waals surface area contributed by atoms with Crippen LogP contribution in [0.4, 0.5) is 5.69 Å². The molecule has 7 heteroatoms. The smallest absolute Gasteiger partial charge is 0.263 e. The third-order valence-electron chi connectivity index (χ3n) is 5.99. The SMILES string of the molecule is COc1cccc(NC(=O)COc2ccc3c(c2)c2ccnc4c5ccccc5c(=O)n3c24)c1. The first kappa shape index (κ1) is 20.0. The summed E-state index contributed by atoms with van der Waals surface area (Å²) in [6.07, 6.45) is 1.75. The first-order valence-electron chi connectivity index (χ1n) is 10.8. The minimum atomic E-state index is -0.286. The van der Waals surface area contributed by atoms with Gasteiger partial charge in [0.15, 0.2) is 6.61 Å².